The van der Waals surface area contributed by atoms with Crippen LogP contribution in [0.2, 0.25) is 0 Å². The van der Waals surface area contributed by atoms with Crippen molar-refractivity contribution in [2.75, 3.05) is 0 Å². The Morgan fingerprint density at radius 3 is 2.67 bits per heavy atom. The molecule has 0 bridgehead atoms. The maximum absolute atomic E-state index is 4.85. The molecule has 0 aromatic carbocycles. The molecule has 31 valence electrons. The van der Waals surface area contributed by atoms with E-state index in [0.717, 1.165) is 6.42 Å². The fourth-order valence-corrected chi connectivity index (χ4v) is 0.151. The van der Waals surface area contributed by atoms with Gasteiger partial charge in [-0.3, -0.25) is 0 Å². The Morgan fingerprint density at radius 1 is 1.83 bits per heavy atom. The quantitative estimate of drug-likeness (QED) is 0.417. The molecule has 0 unspecified atom stereocenters. The zero-order chi connectivity index (χ0) is 4.83. The molecule has 0 amide bonds. The van der Waals surface area contributed by atoms with Crippen molar-refractivity contribution in [3.63, 3.8) is 0 Å². The highest BCUT2D eigenvalue weighted by atomic mass is 13.6. The van der Waals surface area contributed by atoms with Crippen LogP contribution >= 0.6 is 0 Å². The molecule has 0 saturated carbocycles. The minimum absolute atomic E-state index is 0.782. The van der Waals surface area contributed by atoms with Gasteiger partial charge in [0, 0.05) is 0 Å². The molecule has 0 spiro atoms. The van der Waals surface area contributed by atoms with Crippen LogP contribution in [-0.2, 0) is 0 Å². The van der Waals surface area contributed by atoms with Gasteiger partial charge in [0.15, 0.2) is 0 Å². The number of allylic oxidation sites excluding steroid dienone is 2. The first-order valence-electron chi connectivity index (χ1n) is 1.82. The first-order valence-corrected chi connectivity index (χ1v) is 1.82. The summed E-state index contributed by atoms with van der Waals surface area (Å²) in [7, 11) is 0. The van der Waals surface area contributed by atoms with Gasteiger partial charge in [0.2, 0.25) is 0 Å². The molecule has 0 aromatic heterocycles. The van der Waals surface area contributed by atoms with Crippen molar-refractivity contribution in [2.45, 2.75) is 6.42 Å². The second kappa shape index (κ2) is 4.30. The largest absolute Gasteiger partial charge is 0.115 e. The predicted molar refractivity (Wildman–Crippen MR) is 27.9 cm³/mol. The van der Waals surface area contributed by atoms with Crippen LogP contribution in [0, 0.1) is 19.3 Å². The Kier molecular flexibility index (Phi) is 3.80. The van der Waals surface area contributed by atoms with Crippen LogP contribution in [0.25, 0.3) is 0 Å². The highest BCUT2D eigenvalue weighted by Gasteiger charge is 1.55. The summed E-state index contributed by atoms with van der Waals surface area (Å²) in [5.41, 5.74) is 0. The van der Waals surface area contributed by atoms with E-state index in [2.05, 4.69) is 12.8 Å². The number of rotatable bonds is 1. The van der Waals surface area contributed by atoms with Crippen molar-refractivity contribution in [1.82, 2.24) is 0 Å². The van der Waals surface area contributed by atoms with Crippen LogP contribution in [-0.4, -0.2) is 0 Å². The summed E-state index contributed by atoms with van der Waals surface area (Å²) in [5, 5.41) is 0. The van der Waals surface area contributed by atoms with Crippen LogP contribution < -0.4 is 0 Å². The van der Waals surface area contributed by atoms with E-state index >= 15 is 0 Å². The molecule has 0 aromatic rings. The van der Waals surface area contributed by atoms with E-state index in [9.17, 15) is 0 Å². The van der Waals surface area contributed by atoms with Crippen molar-refractivity contribution >= 4 is 0 Å². The summed E-state index contributed by atoms with van der Waals surface area (Å²) in [4.78, 5) is 0. The predicted octanol–water partition coefficient (Wildman–Crippen LogP) is 1.40. The van der Waals surface area contributed by atoms with Crippen LogP contribution in [0.4, 0.5) is 0 Å². The number of hydrogen-bond donors (Lipinski definition) is 0. The van der Waals surface area contributed by atoms with Crippen LogP contribution in [0.5, 0.6) is 0 Å². The van der Waals surface area contributed by atoms with Crippen LogP contribution in [0.3, 0.4) is 0 Å². The van der Waals surface area contributed by atoms with Gasteiger partial charge in [-0.05, 0) is 19.4 Å². The molecule has 1 radical (unpaired) electrons. The molecule has 0 aliphatic rings. The SMILES string of the molecule is C#C/C=C/C[CH2]. The van der Waals surface area contributed by atoms with Gasteiger partial charge < -0.3 is 0 Å². The summed E-state index contributed by atoms with van der Waals surface area (Å²) in [6.45, 7) is 3.54. The molecule has 0 aliphatic carbocycles. The monoisotopic (exact) mass is 79.1 g/mol. The second-order valence-corrected chi connectivity index (χ2v) is 0.858. The molecule has 0 N–H and O–H groups in total. The number of terminal acetylenes is 1. The van der Waals surface area contributed by atoms with Crippen molar-refractivity contribution < 1.29 is 0 Å². The maximum Gasteiger partial charge on any atom is -0.0162 e. The van der Waals surface area contributed by atoms with Gasteiger partial charge in [0.1, 0.15) is 0 Å². The highest BCUT2D eigenvalue weighted by molar-refractivity contribution is 5.08. The normalized spacial score (nSPS) is 8.67. The summed E-state index contributed by atoms with van der Waals surface area (Å²) < 4.78 is 0. The number of hydrogen-bond acceptors (Lipinski definition) is 0. The third-order valence-electron chi connectivity index (χ3n) is 0.381. The van der Waals surface area contributed by atoms with Crippen LogP contribution in [0.1, 0.15) is 6.42 Å². The lowest BCUT2D eigenvalue weighted by molar-refractivity contribution is 1.41. The third-order valence-corrected chi connectivity index (χ3v) is 0.381. The average molecular weight is 79.1 g/mol. The fraction of sp³-hybridized carbons (Fsp3) is 0.167. The first kappa shape index (κ1) is 5.30. The molecular weight excluding hydrogens is 72.1 g/mol. The molecular formula is C6H7. The van der Waals surface area contributed by atoms with Gasteiger partial charge in [-0.2, -0.15) is 0 Å². The molecule has 0 heteroatoms. The smallest absolute Gasteiger partial charge is 0.0162 e. The first-order chi connectivity index (χ1) is 2.91. The Morgan fingerprint density at radius 2 is 2.50 bits per heavy atom. The maximum atomic E-state index is 4.85. The lowest BCUT2D eigenvalue weighted by atomic mass is 10.4. The van der Waals surface area contributed by atoms with E-state index < -0.39 is 0 Å². The molecule has 0 nitrogen and oxygen atoms in total. The third kappa shape index (κ3) is 3.30. The van der Waals surface area contributed by atoms with Crippen molar-refractivity contribution in [2.24, 2.45) is 0 Å². The van der Waals surface area contributed by atoms with E-state index in [1.165, 1.54) is 0 Å². The summed E-state index contributed by atoms with van der Waals surface area (Å²) in [5.74, 6) is 2.35. The summed E-state index contributed by atoms with van der Waals surface area (Å²) in [6, 6.07) is 0. The molecule has 0 fully saturated rings. The van der Waals surface area contributed by atoms with E-state index in [4.69, 9.17) is 6.42 Å². The molecule has 6 heavy (non-hydrogen) atoms. The second-order valence-electron chi connectivity index (χ2n) is 0.858. The van der Waals surface area contributed by atoms with Gasteiger partial charge in [-0.25, -0.2) is 0 Å². The summed E-state index contributed by atoms with van der Waals surface area (Å²) in [6.07, 6.45) is 9.11. The molecule has 0 atom stereocenters. The van der Waals surface area contributed by atoms with Crippen molar-refractivity contribution in [1.29, 1.82) is 0 Å². The fourth-order valence-electron chi connectivity index (χ4n) is 0.151. The zero-order valence-electron chi connectivity index (χ0n) is 3.65. The average Bonchev–Trinajstić information content (AvgIpc) is 1.61. The van der Waals surface area contributed by atoms with Crippen LogP contribution in [0.15, 0.2) is 12.2 Å². The van der Waals surface area contributed by atoms with E-state index in [0.29, 0.717) is 0 Å². The van der Waals surface area contributed by atoms with Gasteiger partial charge in [0.25, 0.3) is 0 Å². The Bertz CT molecular complexity index is 72.5. The van der Waals surface area contributed by atoms with Gasteiger partial charge in [-0.1, -0.05) is 12.0 Å². The van der Waals surface area contributed by atoms with E-state index in [-0.39, 0.29) is 0 Å². The molecule has 0 saturated heterocycles. The molecule has 0 rings (SSSR count). The lowest BCUT2D eigenvalue weighted by Crippen LogP contribution is -1.47. The molecule has 0 aliphatic heterocycles. The van der Waals surface area contributed by atoms with Gasteiger partial charge in [0.05, 0.1) is 0 Å². The minimum Gasteiger partial charge on any atom is -0.115 e. The van der Waals surface area contributed by atoms with Gasteiger partial charge >= 0.3 is 0 Å². The summed E-state index contributed by atoms with van der Waals surface area (Å²) >= 11 is 0. The topological polar surface area (TPSA) is 0 Å². The zero-order valence-corrected chi connectivity index (χ0v) is 3.65. The van der Waals surface area contributed by atoms with Gasteiger partial charge in [-0.15, -0.1) is 6.42 Å². The minimum atomic E-state index is 0.782. The van der Waals surface area contributed by atoms with E-state index in [1.807, 2.05) is 6.08 Å². The van der Waals surface area contributed by atoms with Crippen molar-refractivity contribution in [3.05, 3.63) is 19.1 Å². The van der Waals surface area contributed by atoms with Crippen molar-refractivity contribution in [3.8, 4) is 12.3 Å². The Labute approximate surface area is 38.9 Å². The Balaban J connectivity index is 3.02. The molecule has 0 heterocycles. The highest BCUT2D eigenvalue weighted by Crippen LogP contribution is 1.73. The standard InChI is InChI=1S/C6H7/c1-3-5-6-4-2/h1,5-6H,2,4H2/b6-5+. The lowest BCUT2D eigenvalue weighted by Gasteiger charge is -1.65. The Hall–Kier alpha value is -0.700. The van der Waals surface area contributed by atoms with E-state index in [1.54, 1.807) is 6.08 Å².